The number of rotatable bonds is 5. The molecule has 0 radical (unpaired) electrons. The molecule has 172 valence electrons. The fraction of sp³-hybridized carbons (Fsp3) is 0.133. The zero-order valence-corrected chi connectivity index (χ0v) is 19.5. The van der Waals surface area contributed by atoms with E-state index in [0.717, 1.165) is 45.4 Å². The smallest absolute Gasteiger partial charge is 0.404 e. The van der Waals surface area contributed by atoms with Crippen LogP contribution >= 0.6 is 11.6 Å². The minimum Gasteiger partial charge on any atom is -0.458 e. The molecule has 4 aromatic rings. The van der Waals surface area contributed by atoms with Crippen molar-refractivity contribution in [3.8, 4) is 22.3 Å². The van der Waals surface area contributed by atoms with Crippen molar-refractivity contribution in [2.24, 2.45) is 0 Å². The van der Waals surface area contributed by atoms with E-state index in [1.54, 1.807) is 0 Å². The zero-order valence-electron chi connectivity index (χ0n) is 18.7. The van der Waals surface area contributed by atoms with Crippen molar-refractivity contribution < 1.29 is 19.1 Å². The fourth-order valence-corrected chi connectivity index (χ4v) is 5.56. The highest BCUT2D eigenvalue weighted by molar-refractivity contribution is 6.61. The normalized spacial score (nSPS) is 13.9. The van der Waals surface area contributed by atoms with E-state index in [4.69, 9.17) is 21.1 Å². The molecule has 0 saturated carbocycles. The van der Waals surface area contributed by atoms with Crippen LogP contribution < -0.4 is 0 Å². The summed E-state index contributed by atoms with van der Waals surface area (Å²) in [7, 11) is 0. The molecule has 0 saturated heterocycles. The monoisotopic (exact) mass is 480 g/mol. The maximum absolute atomic E-state index is 13.4. The number of hydrogen-bond donors (Lipinski definition) is 0. The third-order valence-electron chi connectivity index (χ3n) is 6.95. The molecule has 6 rings (SSSR count). The minimum atomic E-state index is -1.20. The second-order valence-corrected chi connectivity index (χ2v) is 9.12. The van der Waals surface area contributed by atoms with E-state index in [2.05, 4.69) is 18.2 Å². The summed E-state index contributed by atoms with van der Waals surface area (Å²) in [6, 6.07) is 30.0. The largest absolute Gasteiger partial charge is 0.458 e. The maximum atomic E-state index is 13.4. The third-order valence-corrected chi connectivity index (χ3v) is 7.04. The Morgan fingerprint density at radius 3 is 2.06 bits per heavy atom. The van der Waals surface area contributed by atoms with Crippen LogP contribution in [0.15, 0.2) is 91.0 Å². The molecule has 1 unspecified atom stereocenters. The predicted octanol–water partition coefficient (Wildman–Crippen LogP) is 6.86. The first-order valence-corrected chi connectivity index (χ1v) is 11.9. The Kier molecular flexibility index (Phi) is 5.39. The molecule has 0 spiro atoms. The number of esters is 1. The van der Waals surface area contributed by atoms with Gasteiger partial charge in [0.2, 0.25) is 6.10 Å². The molecule has 4 aromatic carbocycles. The lowest BCUT2D eigenvalue weighted by Gasteiger charge is -2.23. The molecular formula is C30H21ClO4. The van der Waals surface area contributed by atoms with E-state index < -0.39 is 23.4 Å². The van der Waals surface area contributed by atoms with Crippen LogP contribution in [0.25, 0.3) is 22.3 Å². The molecule has 5 heteroatoms. The highest BCUT2D eigenvalue weighted by Crippen LogP contribution is 2.47. The van der Waals surface area contributed by atoms with Crippen molar-refractivity contribution in [1.29, 1.82) is 0 Å². The number of benzene rings is 4. The van der Waals surface area contributed by atoms with Crippen molar-refractivity contribution in [2.75, 3.05) is 0 Å². The lowest BCUT2D eigenvalue weighted by Crippen LogP contribution is -2.33. The van der Waals surface area contributed by atoms with Crippen LogP contribution in [0.2, 0.25) is 0 Å². The molecule has 0 bridgehead atoms. The number of halogens is 1. The van der Waals surface area contributed by atoms with Crippen molar-refractivity contribution in [2.45, 2.75) is 25.0 Å². The van der Waals surface area contributed by atoms with E-state index in [1.165, 1.54) is 11.1 Å². The molecule has 0 fully saturated rings. The van der Waals surface area contributed by atoms with E-state index in [9.17, 15) is 9.59 Å². The second-order valence-electron chi connectivity index (χ2n) is 8.81. The Labute approximate surface area is 208 Å². The Bertz CT molecular complexity index is 1430. The first-order chi connectivity index (χ1) is 17.1. The Balaban J connectivity index is 1.30. The fourth-order valence-electron chi connectivity index (χ4n) is 5.46. The molecule has 0 amide bonds. The lowest BCUT2D eigenvalue weighted by molar-refractivity contribution is -0.155. The summed E-state index contributed by atoms with van der Waals surface area (Å²) >= 11 is 5.63. The topological polar surface area (TPSA) is 52.6 Å². The Morgan fingerprint density at radius 2 is 1.37 bits per heavy atom. The van der Waals surface area contributed by atoms with Crippen LogP contribution in [-0.2, 0) is 27.3 Å². The predicted molar refractivity (Wildman–Crippen MR) is 134 cm³/mol. The van der Waals surface area contributed by atoms with E-state index in [1.807, 2.05) is 72.8 Å². The molecule has 4 nitrogen and oxygen atoms in total. The van der Waals surface area contributed by atoms with Gasteiger partial charge in [-0.15, -0.1) is 0 Å². The second kappa shape index (κ2) is 8.71. The molecule has 0 N–H and O–H groups in total. The van der Waals surface area contributed by atoms with Gasteiger partial charge < -0.3 is 9.47 Å². The lowest BCUT2D eigenvalue weighted by atomic mass is 9.91. The molecule has 0 heterocycles. The standard InChI is InChI=1S/C30H21ClO4/c31-30(33)35-28(27-24-13-5-3-11-22(24)23-12-4-6-14-25(23)27)29(32)34-17-19-9-7-15-21-20-10-2-1-8-18(20)16-26(19)21/h1-15,27-28H,16-17H2. The molecule has 2 aliphatic rings. The van der Waals surface area contributed by atoms with E-state index in [-0.39, 0.29) is 6.61 Å². The molecule has 2 aliphatic carbocycles. The van der Waals surface area contributed by atoms with Crippen LogP contribution in [0, 0.1) is 0 Å². The van der Waals surface area contributed by atoms with Gasteiger partial charge in [-0.25, -0.2) is 9.59 Å². The molecule has 0 aliphatic heterocycles. The minimum absolute atomic E-state index is 0.0857. The summed E-state index contributed by atoms with van der Waals surface area (Å²) in [5.74, 6) is -1.12. The van der Waals surface area contributed by atoms with Gasteiger partial charge >= 0.3 is 11.4 Å². The van der Waals surface area contributed by atoms with Crippen LogP contribution in [-0.4, -0.2) is 17.5 Å². The third kappa shape index (κ3) is 3.71. The first-order valence-electron chi connectivity index (χ1n) is 11.5. The number of carbonyl (C=O) groups is 2. The zero-order chi connectivity index (χ0) is 23.9. The van der Waals surface area contributed by atoms with Gasteiger partial charge in [0.1, 0.15) is 6.61 Å². The van der Waals surface area contributed by atoms with Gasteiger partial charge in [-0.2, -0.15) is 0 Å². The molecule has 0 aromatic heterocycles. The summed E-state index contributed by atoms with van der Waals surface area (Å²) in [4.78, 5) is 25.2. The number of carbonyl (C=O) groups excluding carboxylic acids is 2. The van der Waals surface area contributed by atoms with Gasteiger partial charge in [-0.3, -0.25) is 0 Å². The number of ether oxygens (including phenoxy) is 2. The van der Waals surface area contributed by atoms with Gasteiger partial charge in [-0.1, -0.05) is 91.0 Å². The molecular weight excluding hydrogens is 460 g/mol. The summed E-state index contributed by atoms with van der Waals surface area (Å²) in [5.41, 5.74) is 8.53. The van der Waals surface area contributed by atoms with Gasteiger partial charge in [0.25, 0.3) is 0 Å². The Hall–Kier alpha value is -3.89. The summed E-state index contributed by atoms with van der Waals surface area (Å²) in [6.07, 6.45) is -0.401. The summed E-state index contributed by atoms with van der Waals surface area (Å²) in [6.45, 7) is 0.0857. The van der Waals surface area contributed by atoms with E-state index >= 15 is 0 Å². The quantitative estimate of drug-likeness (QED) is 0.204. The molecule has 35 heavy (non-hydrogen) atoms. The summed E-state index contributed by atoms with van der Waals surface area (Å²) < 4.78 is 11.2. The van der Waals surface area contributed by atoms with Crippen molar-refractivity contribution >= 4 is 23.0 Å². The van der Waals surface area contributed by atoms with Crippen molar-refractivity contribution in [1.82, 2.24) is 0 Å². The average Bonchev–Trinajstić information content (AvgIpc) is 3.42. The average molecular weight is 481 g/mol. The van der Waals surface area contributed by atoms with Crippen LogP contribution in [0.3, 0.4) is 0 Å². The van der Waals surface area contributed by atoms with Gasteiger partial charge in [-0.05, 0) is 56.5 Å². The van der Waals surface area contributed by atoms with Crippen LogP contribution in [0.1, 0.15) is 33.7 Å². The Morgan fingerprint density at radius 1 is 0.771 bits per heavy atom. The highest BCUT2D eigenvalue weighted by atomic mass is 35.5. The SMILES string of the molecule is O=C(Cl)OC(C(=O)OCc1cccc2c1Cc1ccccc1-2)C1c2ccccc2-c2ccccc21. The summed E-state index contributed by atoms with van der Waals surface area (Å²) in [5, 5.41) is 0. The number of hydrogen-bond acceptors (Lipinski definition) is 4. The number of fused-ring (bicyclic) bond motifs is 6. The van der Waals surface area contributed by atoms with Gasteiger partial charge in [0.15, 0.2) is 0 Å². The van der Waals surface area contributed by atoms with Gasteiger partial charge in [0.05, 0.1) is 5.92 Å². The van der Waals surface area contributed by atoms with Crippen LogP contribution in [0.5, 0.6) is 0 Å². The molecule has 1 atom stereocenters. The highest BCUT2D eigenvalue weighted by Gasteiger charge is 2.41. The van der Waals surface area contributed by atoms with E-state index in [0.29, 0.717) is 0 Å². The maximum Gasteiger partial charge on any atom is 0.404 e. The van der Waals surface area contributed by atoms with Crippen molar-refractivity contribution in [3.05, 3.63) is 119 Å². The van der Waals surface area contributed by atoms with Crippen molar-refractivity contribution in [3.63, 3.8) is 0 Å². The van der Waals surface area contributed by atoms with Crippen LogP contribution in [0.4, 0.5) is 4.79 Å². The first kappa shape index (κ1) is 21.6. The van der Waals surface area contributed by atoms with Gasteiger partial charge in [0, 0.05) is 11.6 Å².